The van der Waals surface area contributed by atoms with E-state index >= 15 is 0 Å². The van der Waals surface area contributed by atoms with Gasteiger partial charge in [0.15, 0.2) is 0 Å². The van der Waals surface area contributed by atoms with Crippen molar-refractivity contribution in [1.29, 1.82) is 0 Å². The van der Waals surface area contributed by atoms with Crippen LogP contribution >= 0.6 is 0 Å². The fourth-order valence-electron chi connectivity index (χ4n) is 2.14. The van der Waals surface area contributed by atoms with Crippen LogP contribution in [0.25, 0.3) is 11.0 Å². The summed E-state index contributed by atoms with van der Waals surface area (Å²) in [6.07, 6.45) is -0.611. The van der Waals surface area contributed by atoms with E-state index < -0.39 is 11.7 Å². The van der Waals surface area contributed by atoms with Crippen molar-refractivity contribution in [3.8, 4) is 5.75 Å². The molecule has 5 nitrogen and oxygen atoms in total. The smallest absolute Gasteiger partial charge is 0.417 e. The second kappa shape index (κ2) is 5.73. The van der Waals surface area contributed by atoms with Crippen molar-refractivity contribution < 1.29 is 13.9 Å². The van der Waals surface area contributed by atoms with Crippen LogP contribution in [0, 0.1) is 6.92 Å². The zero-order valence-corrected chi connectivity index (χ0v) is 11.8. The van der Waals surface area contributed by atoms with E-state index in [1.54, 1.807) is 24.3 Å². The third-order valence-electron chi connectivity index (χ3n) is 3.15. The van der Waals surface area contributed by atoms with E-state index in [0.29, 0.717) is 17.0 Å². The van der Waals surface area contributed by atoms with Gasteiger partial charge in [0.05, 0.1) is 0 Å². The molecule has 1 aromatic heterocycles. The zero-order valence-electron chi connectivity index (χ0n) is 11.8. The topological polar surface area (TPSA) is 68.5 Å². The van der Waals surface area contributed by atoms with E-state index in [2.05, 4.69) is 5.32 Å². The molecular formula is C17H13NO4. The van der Waals surface area contributed by atoms with Crippen molar-refractivity contribution in [3.63, 3.8) is 0 Å². The van der Waals surface area contributed by atoms with E-state index in [1.165, 1.54) is 12.1 Å². The lowest BCUT2D eigenvalue weighted by molar-refractivity contribution is 0.215. The highest BCUT2D eigenvalue weighted by Crippen LogP contribution is 2.22. The lowest BCUT2D eigenvalue weighted by Gasteiger charge is -2.07. The Balaban J connectivity index is 1.82. The molecule has 0 unspecified atom stereocenters. The van der Waals surface area contributed by atoms with E-state index in [4.69, 9.17) is 9.15 Å². The third-order valence-corrected chi connectivity index (χ3v) is 3.15. The van der Waals surface area contributed by atoms with E-state index in [-0.39, 0.29) is 0 Å². The number of benzene rings is 2. The fraction of sp³-hybridized carbons (Fsp3) is 0.0588. The average Bonchev–Trinajstić information content (AvgIpc) is 2.47. The summed E-state index contributed by atoms with van der Waals surface area (Å²) in [4.78, 5) is 23.2. The minimum atomic E-state index is -0.611. The number of hydrogen-bond acceptors (Lipinski definition) is 4. The highest BCUT2D eigenvalue weighted by atomic mass is 16.6. The molecule has 1 amide bonds. The third kappa shape index (κ3) is 2.98. The number of fused-ring (bicyclic) bond motifs is 1. The molecular weight excluding hydrogens is 282 g/mol. The minimum Gasteiger partial charge on any atom is -0.423 e. The Bertz CT molecular complexity index is 884. The van der Waals surface area contributed by atoms with E-state index in [9.17, 15) is 9.59 Å². The molecule has 0 radical (unpaired) electrons. The van der Waals surface area contributed by atoms with Crippen LogP contribution < -0.4 is 15.7 Å². The largest absolute Gasteiger partial charge is 0.423 e. The molecule has 3 aromatic rings. The molecule has 0 bridgehead atoms. The summed E-state index contributed by atoms with van der Waals surface area (Å²) in [5, 5.41) is 3.41. The molecule has 3 rings (SSSR count). The molecule has 5 heteroatoms. The monoisotopic (exact) mass is 295 g/mol. The molecule has 0 spiro atoms. The molecule has 2 aromatic carbocycles. The van der Waals surface area contributed by atoms with Gasteiger partial charge in [0.1, 0.15) is 11.3 Å². The number of nitrogens with one attached hydrogen (secondary N) is 1. The Morgan fingerprint density at radius 3 is 2.64 bits per heavy atom. The first-order valence-corrected chi connectivity index (χ1v) is 6.70. The Kier molecular flexibility index (Phi) is 3.62. The maximum absolute atomic E-state index is 11.8. The van der Waals surface area contributed by atoms with Crippen LogP contribution in [0.5, 0.6) is 5.75 Å². The molecule has 1 heterocycles. The zero-order chi connectivity index (χ0) is 15.5. The SMILES string of the molecule is Cc1cc(=O)oc2cc(OC(=O)Nc3ccccc3)ccc12. The summed E-state index contributed by atoms with van der Waals surface area (Å²) < 4.78 is 10.3. The molecule has 0 aliphatic rings. The lowest BCUT2D eigenvalue weighted by Crippen LogP contribution is -2.16. The first-order valence-electron chi connectivity index (χ1n) is 6.70. The number of ether oxygens (including phenoxy) is 1. The van der Waals surface area contributed by atoms with Gasteiger partial charge >= 0.3 is 11.7 Å². The second-order valence-corrected chi connectivity index (χ2v) is 4.79. The van der Waals surface area contributed by atoms with Crippen LogP contribution in [0.3, 0.4) is 0 Å². The predicted molar refractivity (Wildman–Crippen MR) is 83.3 cm³/mol. The second-order valence-electron chi connectivity index (χ2n) is 4.79. The molecule has 0 fully saturated rings. The number of para-hydroxylation sites is 1. The number of rotatable bonds is 2. The molecule has 0 atom stereocenters. The number of hydrogen-bond donors (Lipinski definition) is 1. The van der Waals surface area contributed by atoms with Gasteiger partial charge in [-0.25, -0.2) is 9.59 Å². The van der Waals surface area contributed by atoms with Gasteiger partial charge in [-0.3, -0.25) is 5.32 Å². The van der Waals surface area contributed by atoms with Crippen LogP contribution in [0.2, 0.25) is 0 Å². The fourth-order valence-corrected chi connectivity index (χ4v) is 2.14. The first kappa shape index (κ1) is 13.9. The van der Waals surface area contributed by atoms with Crippen LogP contribution in [0.1, 0.15) is 5.56 Å². The molecule has 110 valence electrons. The average molecular weight is 295 g/mol. The molecule has 0 aliphatic carbocycles. The number of aryl methyl sites for hydroxylation is 1. The van der Waals surface area contributed by atoms with E-state index in [0.717, 1.165) is 10.9 Å². The minimum absolute atomic E-state index is 0.301. The van der Waals surface area contributed by atoms with Crippen LogP contribution in [-0.4, -0.2) is 6.09 Å². The molecule has 1 N–H and O–H groups in total. The standard InChI is InChI=1S/C17H13NO4/c1-11-9-16(19)22-15-10-13(7-8-14(11)15)21-17(20)18-12-5-3-2-4-6-12/h2-10H,1H3,(H,18,20). The van der Waals surface area contributed by atoms with Gasteiger partial charge in [-0.1, -0.05) is 18.2 Å². The highest BCUT2D eigenvalue weighted by Gasteiger charge is 2.08. The number of amides is 1. The summed E-state index contributed by atoms with van der Waals surface area (Å²) in [7, 11) is 0. The molecule has 0 saturated heterocycles. The van der Waals surface area contributed by atoms with Gasteiger partial charge in [0, 0.05) is 23.2 Å². The normalized spacial score (nSPS) is 10.4. The van der Waals surface area contributed by atoms with Gasteiger partial charge in [0.2, 0.25) is 0 Å². The maximum atomic E-state index is 11.8. The van der Waals surface area contributed by atoms with Crippen molar-refractivity contribution in [1.82, 2.24) is 0 Å². The quantitative estimate of drug-likeness (QED) is 0.732. The Morgan fingerprint density at radius 2 is 1.86 bits per heavy atom. The summed E-state index contributed by atoms with van der Waals surface area (Å²) in [5.41, 5.74) is 1.40. The van der Waals surface area contributed by atoms with Crippen LogP contribution in [0.15, 0.2) is 63.8 Å². The van der Waals surface area contributed by atoms with Crippen molar-refractivity contribution in [2.75, 3.05) is 5.32 Å². The maximum Gasteiger partial charge on any atom is 0.417 e. The molecule has 22 heavy (non-hydrogen) atoms. The Labute approximate surface area is 126 Å². The first-order chi connectivity index (χ1) is 10.6. The van der Waals surface area contributed by atoms with Gasteiger partial charge in [-0.2, -0.15) is 0 Å². The van der Waals surface area contributed by atoms with E-state index in [1.807, 2.05) is 25.1 Å². The van der Waals surface area contributed by atoms with Crippen molar-refractivity contribution in [2.24, 2.45) is 0 Å². The summed E-state index contributed by atoms with van der Waals surface area (Å²) in [6.45, 7) is 1.82. The van der Waals surface area contributed by atoms with Crippen LogP contribution in [-0.2, 0) is 0 Å². The van der Waals surface area contributed by atoms with Gasteiger partial charge in [-0.15, -0.1) is 0 Å². The summed E-state index contributed by atoms with van der Waals surface area (Å²) >= 11 is 0. The van der Waals surface area contributed by atoms with Crippen molar-refractivity contribution >= 4 is 22.7 Å². The summed E-state index contributed by atoms with van der Waals surface area (Å²) in [5.74, 6) is 0.301. The Hall–Kier alpha value is -3.08. The number of anilines is 1. The predicted octanol–water partition coefficient (Wildman–Crippen LogP) is 3.71. The lowest BCUT2D eigenvalue weighted by atomic mass is 10.1. The van der Waals surface area contributed by atoms with Gasteiger partial charge in [-0.05, 0) is 36.8 Å². The molecule has 0 aliphatic heterocycles. The van der Waals surface area contributed by atoms with Crippen molar-refractivity contribution in [2.45, 2.75) is 6.92 Å². The number of carbonyl (C=O) groups is 1. The molecule has 0 saturated carbocycles. The van der Waals surface area contributed by atoms with Crippen molar-refractivity contribution in [3.05, 3.63) is 70.6 Å². The van der Waals surface area contributed by atoms with Crippen LogP contribution in [0.4, 0.5) is 10.5 Å². The van der Waals surface area contributed by atoms with Gasteiger partial charge in [0.25, 0.3) is 0 Å². The highest BCUT2D eigenvalue weighted by molar-refractivity contribution is 5.87. The van der Waals surface area contributed by atoms with Gasteiger partial charge < -0.3 is 9.15 Å². The number of carbonyl (C=O) groups excluding carboxylic acids is 1. The summed E-state index contributed by atoms with van der Waals surface area (Å²) in [6, 6.07) is 15.3. The Morgan fingerprint density at radius 1 is 1.09 bits per heavy atom.